The van der Waals surface area contributed by atoms with Crippen molar-refractivity contribution in [3.8, 4) is 0 Å². The zero-order chi connectivity index (χ0) is 12.1. The average Bonchev–Trinajstić information content (AvgIpc) is 2.25. The summed E-state index contributed by atoms with van der Waals surface area (Å²) in [5.41, 5.74) is 7.82. The predicted octanol–water partition coefficient (Wildman–Crippen LogP) is 1.62. The number of aryl methyl sites for hydroxylation is 1. The lowest BCUT2D eigenvalue weighted by molar-refractivity contribution is -0.115. The summed E-state index contributed by atoms with van der Waals surface area (Å²) in [5, 5.41) is 0. The predicted molar refractivity (Wildman–Crippen MR) is 60.6 cm³/mol. The molecule has 0 aliphatic rings. The van der Waals surface area contributed by atoms with Crippen molar-refractivity contribution >= 4 is 0 Å². The highest BCUT2D eigenvalue weighted by Gasteiger charge is 2.17. The van der Waals surface area contributed by atoms with Gasteiger partial charge in [0.2, 0.25) is 0 Å². The zero-order valence-corrected chi connectivity index (χ0v) is 9.87. The third kappa shape index (κ3) is 3.27. The maximum absolute atomic E-state index is 13.1. The SMILES string of the molecule is COC(OC)C(N)Cc1cc(F)ccc1C. The molecule has 0 aliphatic heterocycles. The molecule has 0 radical (unpaired) electrons. The fourth-order valence-electron chi connectivity index (χ4n) is 1.66. The molecule has 1 rings (SSSR count). The van der Waals surface area contributed by atoms with Crippen LogP contribution in [0.5, 0.6) is 0 Å². The van der Waals surface area contributed by atoms with Gasteiger partial charge in [0.25, 0.3) is 0 Å². The van der Waals surface area contributed by atoms with Crippen molar-refractivity contribution in [3.63, 3.8) is 0 Å². The van der Waals surface area contributed by atoms with E-state index < -0.39 is 6.29 Å². The molecule has 4 heteroatoms. The highest BCUT2D eigenvalue weighted by atomic mass is 19.1. The first kappa shape index (κ1) is 13.1. The van der Waals surface area contributed by atoms with Crippen LogP contribution in [0.1, 0.15) is 11.1 Å². The molecule has 1 unspecified atom stereocenters. The highest BCUT2D eigenvalue weighted by Crippen LogP contribution is 2.13. The van der Waals surface area contributed by atoms with Crippen LogP contribution >= 0.6 is 0 Å². The van der Waals surface area contributed by atoms with Crippen LogP contribution in [0.15, 0.2) is 18.2 Å². The van der Waals surface area contributed by atoms with Gasteiger partial charge in [-0.3, -0.25) is 0 Å². The van der Waals surface area contributed by atoms with Crippen LogP contribution in [0.4, 0.5) is 4.39 Å². The van der Waals surface area contributed by atoms with E-state index in [0.29, 0.717) is 6.42 Å². The van der Waals surface area contributed by atoms with E-state index in [1.165, 1.54) is 26.4 Å². The van der Waals surface area contributed by atoms with Crippen molar-refractivity contribution in [2.24, 2.45) is 5.73 Å². The number of hydrogen-bond donors (Lipinski definition) is 1. The van der Waals surface area contributed by atoms with Gasteiger partial charge >= 0.3 is 0 Å². The fourth-order valence-corrected chi connectivity index (χ4v) is 1.66. The van der Waals surface area contributed by atoms with Crippen LogP contribution in [0, 0.1) is 12.7 Å². The molecule has 0 aliphatic carbocycles. The molecule has 1 aromatic carbocycles. The van der Waals surface area contributed by atoms with Crippen molar-refractivity contribution in [3.05, 3.63) is 35.1 Å². The van der Waals surface area contributed by atoms with Crippen LogP contribution in [0.25, 0.3) is 0 Å². The summed E-state index contributed by atoms with van der Waals surface area (Å²) in [6.45, 7) is 1.93. The van der Waals surface area contributed by atoms with Crippen LogP contribution in [0.3, 0.4) is 0 Å². The van der Waals surface area contributed by atoms with Crippen molar-refractivity contribution < 1.29 is 13.9 Å². The van der Waals surface area contributed by atoms with E-state index in [1.807, 2.05) is 6.92 Å². The van der Waals surface area contributed by atoms with Gasteiger partial charge in [0.1, 0.15) is 5.82 Å². The maximum Gasteiger partial charge on any atom is 0.172 e. The van der Waals surface area contributed by atoms with E-state index in [9.17, 15) is 4.39 Å². The van der Waals surface area contributed by atoms with Crippen molar-refractivity contribution in [2.45, 2.75) is 25.7 Å². The highest BCUT2D eigenvalue weighted by molar-refractivity contribution is 5.27. The van der Waals surface area contributed by atoms with Gasteiger partial charge in [-0.1, -0.05) is 6.07 Å². The molecule has 0 spiro atoms. The summed E-state index contributed by atoms with van der Waals surface area (Å²) in [6.07, 6.45) is 0.0540. The van der Waals surface area contributed by atoms with E-state index in [0.717, 1.165) is 11.1 Å². The standard InChI is InChI=1S/C12H18FNO2/c1-8-4-5-10(13)6-9(8)7-11(14)12(15-2)16-3/h4-6,11-12H,7,14H2,1-3H3. The lowest BCUT2D eigenvalue weighted by Gasteiger charge is -2.21. The number of nitrogens with two attached hydrogens (primary N) is 1. The lowest BCUT2D eigenvalue weighted by atomic mass is 10.0. The molecule has 0 aromatic heterocycles. The number of halogens is 1. The van der Waals surface area contributed by atoms with Crippen LogP contribution < -0.4 is 5.73 Å². The smallest absolute Gasteiger partial charge is 0.172 e. The molecule has 0 heterocycles. The Balaban J connectivity index is 2.75. The third-order valence-electron chi connectivity index (χ3n) is 2.58. The van der Waals surface area contributed by atoms with Gasteiger partial charge in [-0.05, 0) is 36.6 Å². The van der Waals surface area contributed by atoms with Gasteiger partial charge in [-0.2, -0.15) is 0 Å². The fraction of sp³-hybridized carbons (Fsp3) is 0.500. The number of ether oxygens (including phenoxy) is 2. The molecular formula is C12H18FNO2. The van der Waals surface area contributed by atoms with Crippen LogP contribution in [0.2, 0.25) is 0 Å². The maximum atomic E-state index is 13.1. The Morgan fingerprint density at radius 3 is 2.50 bits per heavy atom. The number of rotatable bonds is 5. The molecule has 0 bridgehead atoms. The quantitative estimate of drug-likeness (QED) is 0.777. The molecule has 0 saturated carbocycles. The lowest BCUT2D eigenvalue weighted by Crippen LogP contribution is -2.39. The van der Waals surface area contributed by atoms with Gasteiger partial charge in [0, 0.05) is 14.2 Å². The van der Waals surface area contributed by atoms with Crippen LogP contribution in [-0.4, -0.2) is 26.6 Å². The van der Waals surface area contributed by atoms with Crippen molar-refractivity contribution in [1.82, 2.24) is 0 Å². The summed E-state index contributed by atoms with van der Waals surface area (Å²) in [4.78, 5) is 0. The minimum atomic E-state index is -0.470. The van der Waals surface area contributed by atoms with Gasteiger partial charge in [-0.25, -0.2) is 4.39 Å². The zero-order valence-electron chi connectivity index (χ0n) is 9.87. The first-order valence-corrected chi connectivity index (χ1v) is 5.14. The Labute approximate surface area is 95.4 Å². The number of benzene rings is 1. The number of hydrogen-bond acceptors (Lipinski definition) is 3. The summed E-state index contributed by atoms with van der Waals surface area (Å²) >= 11 is 0. The average molecular weight is 227 g/mol. The van der Waals surface area contributed by atoms with Gasteiger partial charge in [0.15, 0.2) is 6.29 Å². The van der Waals surface area contributed by atoms with E-state index in [2.05, 4.69) is 0 Å². The van der Waals surface area contributed by atoms with Gasteiger partial charge < -0.3 is 15.2 Å². The molecule has 90 valence electrons. The molecular weight excluding hydrogens is 209 g/mol. The van der Waals surface area contributed by atoms with E-state index in [1.54, 1.807) is 6.07 Å². The Morgan fingerprint density at radius 1 is 1.31 bits per heavy atom. The Morgan fingerprint density at radius 2 is 1.94 bits per heavy atom. The Bertz CT molecular complexity index is 340. The Kier molecular flexibility index (Phi) is 4.86. The van der Waals surface area contributed by atoms with E-state index in [-0.39, 0.29) is 11.9 Å². The van der Waals surface area contributed by atoms with E-state index >= 15 is 0 Å². The minimum Gasteiger partial charge on any atom is -0.354 e. The second kappa shape index (κ2) is 5.94. The minimum absolute atomic E-state index is 0.251. The van der Waals surface area contributed by atoms with Crippen molar-refractivity contribution in [1.29, 1.82) is 0 Å². The Hall–Kier alpha value is -0.970. The molecule has 3 nitrogen and oxygen atoms in total. The van der Waals surface area contributed by atoms with Gasteiger partial charge in [0.05, 0.1) is 6.04 Å². The molecule has 1 atom stereocenters. The first-order valence-electron chi connectivity index (χ1n) is 5.14. The second-order valence-corrected chi connectivity index (χ2v) is 3.78. The third-order valence-corrected chi connectivity index (χ3v) is 2.58. The summed E-state index contributed by atoms with van der Waals surface area (Å²) < 4.78 is 23.2. The molecule has 1 aromatic rings. The largest absolute Gasteiger partial charge is 0.354 e. The molecule has 2 N–H and O–H groups in total. The summed E-state index contributed by atoms with van der Waals surface area (Å²) in [7, 11) is 3.07. The first-order chi connectivity index (χ1) is 7.58. The normalized spacial score (nSPS) is 13.1. The molecule has 0 amide bonds. The second-order valence-electron chi connectivity index (χ2n) is 3.78. The summed E-state index contributed by atoms with van der Waals surface area (Å²) in [5.74, 6) is -0.251. The van der Waals surface area contributed by atoms with Crippen LogP contribution in [-0.2, 0) is 15.9 Å². The monoisotopic (exact) mass is 227 g/mol. The molecule has 16 heavy (non-hydrogen) atoms. The van der Waals surface area contributed by atoms with Gasteiger partial charge in [-0.15, -0.1) is 0 Å². The number of methoxy groups -OCH3 is 2. The summed E-state index contributed by atoms with van der Waals surface area (Å²) in [6, 6.07) is 4.37. The topological polar surface area (TPSA) is 44.5 Å². The van der Waals surface area contributed by atoms with Crippen molar-refractivity contribution in [2.75, 3.05) is 14.2 Å². The molecule has 0 fully saturated rings. The van der Waals surface area contributed by atoms with E-state index in [4.69, 9.17) is 15.2 Å². The molecule has 0 saturated heterocycles.